The Morgan fingerprint density at radius 3 is 1.50 bits per heavy atom. The molecular weight excluding hydrogens is 263 g/mol. The molecule has 0 bridgehead atoms. The van der Waals surface area contributed by atoms with Crippen LogP contribution in [0, 0.1) is 0 Å². The maximum atomic E-state index is 2.64. The maximum absolute atomic E-state index is 2.64. The molecule has 4 heteroatoms. The van der Waals surface area contributed by atoms with Crippen LogP contribution in [0.4, 0.5) is 0 Å². The third kappa shape index (κ3) is 14.7. The summed E-state index contributed by atoms with van der Waals surface area (Å²) in [6.45, 7) is 7.15. The quantitative estimate of drug-likeness (QED) is 0.372. The summed E-state index contributed by atoms with van der Waals surface area (Å²) >= 11 is 0. The molecule has 0 aromatic heterocycles. The van der Waals surface area contributed by atoms with E-state index in [1.807, 2.05) is 0 Å². The Kier molecular flexibility index (Phi) is 18.3. The Labute approximate surface area is 123 Å². The summed E-state index contributed by atoms with van der Waals surface area (Å²) in [4.78, 5) is 0. The van der Waals surface area contributed by atoms with Gasteiger partial charge >= 0.3 is 0 Å². The highest BCUT2D eigenvalue weighted by molar-refractivity contribution is 7.32. The van der Waals surface area contributed by atoms with Crippen LogP contribution < -0.4 is 0 Å². The first-order valence-electron chi connectivity index (χ1n) is 7.39. The van der Waals surface area contributed by atoms with Crippen LogP contribution in [0.2, 0.25) is 0 Å². The lowest BCUT2D eigenvalue weighted by Gasteiger charge is -2.25. The first-order valence-corrected chi connectivity index (χ1v) is 8.28. The second kappa shape index (κ2) is 15.7. The molecule has 0 fully saturated rings. The molecule has 0 aromatic carbocycles. The van der Waals surface area contributed by atoms with E-state index in [9.17, 15) is 0 Å². The van der Waals surface area contributed by atoms with Gasteiger partial charge in [-0.2, -0.15) is 0 Å². The van der Waals surface area contributed by atoms with Gasteiger partial charge in [-0.05, 0) is 26.9 Å². The molecule has 0 aliphatic rings. The normalized spacial score (nSPS) is 11.7. The summed E-state index contributed by atoms with van der Waals surface area (Å²) in [6.07, 6.45) is 11.0. The van der Waals surface area contributed by atoms with Crippen LogP contribution in [0.5, 0.6) is 0 Å². The maximum Gasteiger partial charge on any atom is 0.0234 e. The second-order valence-electron chi connectivity index (χ2n) is 5.10. The van der Waals surface area contributed by atoms with Gasteiger partial charge in [0.1, 0.15) is 0 Å². The number of halogens is 1. The zero-order valence-corrected chi connectivity index (χ0v) is 14.7. The highest BCUT2D eigenvalue weighted by Crippen LogP contribution is 2.22. The monoisotopic (exact) mass is 296 g/mol. The summed E-state index contributed by atoms with van der Waals surface area (Å²) < 4.78 is 4.96. The fourth-order valence-electron chi connectivity index (χ4n) is 1.95. The fourth-order valence-corrected chi connectivity index (χ4v) is 3.04. The Hall–Kier alpha value is 0.640. The highest BCUT2D eigenvalue weighted by Gasteiger charge is 2.05. The molecule has 1 atom stereocenters. The smallest absolute Gasteiger partial charge is 0.0234 e. The van der Waals surface area contributed by atoms with Gasteiger partial charge in [0.15, 0.2) is 0 Å². The van der Waals surface area contributed by atoms with Gasteiger partial charge in [-0.3, -0.25) is 9.34 Å². The fraction of sp³-hybridized carbons (Fsp3) is 1.00. The predicted octanol–water partition coefficient (Wildman–Crippen LogP) is 4.94. The number of hydrogen-bond acceptors (Lipinski definition) is 2. The van der Waals surface area contributed by atoms with Gasteiger partial charge in [0.25, 0.3) is 0 Å². The molecule has 0 heterocycles. The zero-order valence-electron chi connectivity index (χ0n) is 12.9. The summed E-state index contributed by atoms with van der Waals surface area (Å²) in [5.74, 6) is 0. The van der Waals surface area contributed by atoms with Crippen LogP contribution in [-0.4, -0.2) is 36.5 Å². The average molecular weight is 297 g/mol. The number of unbranched alkanes of at least 4 members (excludes halogenated alkanes) is 6. The molecule has 112 valence electrons. The van der Waals surface area contributed by atoms with Crippen LogP contribution in [0.25, 0.3) is 0 Å². The lowest BCUT2D eigenvalue weighted by atomic mass is 10.2. The largest absolute Gasteiger partial charge is 0.279 e. The van der Waals surface area contributed by atoms with E-state index in [1.165, 1.54) is 64.5 Å². The number of rotatable bonds is 12. The van der Waals surface area contributed by atoms with Crippen molar-refractivity contribution in [3.05, 3.63) is 0 Å². The van der Waals surface area contributed by atoms with E-state index in [1.54, 1.807) is 0 Å². The van der Waals surface area contributed by atoms with Gasteiger partial charge in [0.05, 0.1) is 0 Å². The second-order valence-corrected chi connectivity index (χ2v) is 6.83. The molecule has 1 unspecified atom stereocenters. The SMILES string of the molecule is CCCCCCN(CCCCCC)PN(C)C.Cl. The van der Waals surface area contributed by atoms with E-state index < -0.39 is 0 Å². The van der Waals surface area contributed by atoms with Gasteiger partial charge in [0, 0.05) is 22.0 Å². The van der Waals surface area contributed by atoms with Crippen molar-refractivity contribution in [2.24, 2.45) is 0 Å². The van der Waals surface area contributed by atoms with Crippen molar-refractivity contribution in [1.29, 1.82) is 0 Å². The van der Waals surface area contributed by atoms with Crippen LogP contribution in [0.15, 0.2) is 0 Å². The average Bonchev–Trinajstić information content (AvgIpc) is 2.29. The number of hydrogen-bond donors (Lipinski definition) is 0. The van der Waals surface area contributed by atoms with E-state index in [0.717, 1.165) is 8.88 Å². The molecule has 0 aliphatic heterocycles. The van der Waals surface area contributed by atoms with Crippen molar-refractivity contribution in [2.75, 3.05) is 27.2 Å². The van der Waals surface area contributed by atoms with Crippen molar-refractivity contribution in [1.82, 2.24) is 9.34 Å². The van der Waals surface area contributed by atoms with Gasteiger partial charge < -0.3 is 0 Å². The minimum atomic E-state index is 0. The molecule has 0 aromatic rings. The molecule has 0 amide bonds. The van der Waals surface area contributed by atoms with Gasteiger partial charge in [-0.15, -0.1) is 12.4 Å². The molecule has 0 rings (SSSR count). The Bertz CT molecular complexity index is 145. The lowest BCUT2D eigenvalue weighted by Crippen LogP contribution is -2.21. The van der Waals surface area contributed by atoms with E-state index in [0.29, 0.717) is 0 Å². The van der Waals surface area contributed by atoms with E-state index in [4.69, 9.17) is 0 Å². The third-order valence-electron chi connectivity index (χ3n) is 2.90. The molecule has 0 spiro atoms. The third-order valence-corrected chi connectivity index (χ3v) is 4.03. The van der Waals surface area contributed by atoms with Crippen molar-refractivity contribution >= 4 is 21.3 Å². The molecule has 0 radical (unpaired) electrons. The van der Waals surface area contributed by atoms with E-state index in [-0.39, 0.29) is 12.4 Å². The van der Waals surface area contributed by atoms with Gasteiger partial charge in [-0.1, -0.05) is 52.4 Å². The molecule has 0 saturated carbocycles. The summed E-state index contributed by atoms with van der Waals surface area (Å²) in [5, 5.41) is 0. The van der Waals surface area contributed by atoms with Crippen molar-refractivity contribution in [3.63, 3.8) is 0 Å². The summed E-state index contributed by atoms with van der Waals surface area (Å²) in [7, 11) is 5.24. The van der Waals surface area contributed by atoms with Crippen LogP contribution >= 0.6 is 21.3 Å². The first kappa shape index (κ1) is 20.9. The molecule has 0 aliphatic carbocycles. The minimum absolute atomic E-state index is 0. The molecular formula is C14H34ClN2P. The topological polar surface area (TPSA) is 6.48 Å². The molecule has 0 saturated heterocycles. The van der Waals surface area contributed by atoms with Crippen LogP contribution in [0.1, 0.15) is 65.2 Å². The van der Waals surface area contributed by atoms with Gasteiger partial charge in [-0.25, -0.2) is 0 Å². The minimum Gasteiger partial charge on any atom is -0.279 e. The predicted molar refractivity (Wildman–Crippen MR) is 89.1 cm³/mol. The van der Waals surface area contributed by atoms with E-state index >= 15 is 0 Å². The van der Waals surface area contributed by atoms with Crippen LogP contribution in [-0.2, 0) is 0 Å². The van der Waals surface area contributed by atoms with Gasteiger partial charge in [0.2, 0.25) is 0 Å². The summed E-state index contributed by atoms with van der Waals surface area (Å²) in [5.41, 5.74) is 0. The molecule has 2 nitrogen and oxygen atoms in total. The Morgan fingerprint density at radius 1 is 0.722 bits per heavy atom. The summed E-state index contributed by atoms with van der Waals surface area (Å²) in [6, 6.07) is 0. The zero-order chi connectivity index (χ0) is 12.9. The molecule has 18 heavy (non-hydrogen) atoms. The van der Waals surface area contributed by atoms with Crippen molar-refractivity contribution in [2.45, 2.75) is 65.2 Å². The standard InChI is InChI=1S/C14H33N2P.ClH/c1-5-7-9-11-13-16(17-15(3)4)14-12-10-8-6-2;/h17H,5-14H2,1-4H3;1H. The van der Waals surface area contributed by atoms with Crippen LogP contribution in [0.3, 0.4) is 0 Å². The number of nitrogens with zero attached hydrogens (tertiary/aromatic N) is 2. The van der Waals surface area contributed by atoms with E-state index in [2.05, 4.69) is 37.3 Å². The Balaban J connectivity index is 0. The lowest BCUT2D eigenvalue weighted by molar-refractivity contribution is 0.406. The molecule has 0 N–H and O–H groups in total. The van der Waals surface area contributed by atoms with Crippen molar-refractivity contribution < 1.29 is 0 Å². The first-order chi connectivity index (χ1) is 8.20. The highest BCUT2D eigenvalue weighted by atomic mass is 35.5. The van der Waals surface area contributed by atoms with Crippen molar-refractivity contribution in [3.8, 4) is 0 Å². The Morgan fingerprint density at radius 2 is 1.17 bits per heavy atom.